The maximum absolute atomic E-state index is 5.16. The van der Waals surface area contributed by atoms with Gasteiger partial charge in [0.25, 0.3) is 0 Å². The van der Waals surface area contributed by atoms with Crippen LogP contribution < -0.4 is 4.74 Å². The molecule has 0 radical (unpaired) electrons. The van der Waals surface area contributed by atoms with Gasteiger partial charge in [0.05, 0.1) is 7.11 Å². The number of rotatable bonds is 2. The van der Waals surface area contributed by atoms with Gasteiger partial charge in [0, 0.05) is 11.8 Å². The SMILES string of the molecule is COc1cccc(-c2cncnc2Br)c1. The van der Waals surface area contributed by atoms with Gasteiger partial charge in [0.15, 0.2) is 0 Å². The van der Waals surface area contributed by atoms with Crippen molar-refractivity contribution in [3.8, 4) is 16.9 Å². The van der Waals surface area contributed by atoms with E-state index in [2.05, 4.69) is 25.9 Å². The van der Waals surface area contributed by atoms with E-state index in [0.717, 1.165) is 21.5 Å². The van der Waals surface area contributed by atoms with Gasteiger partial charge in [-0.3, -0.25) is 0 Å². The minimum Gasteiger partial charge on any atom is -0.497 e. The van der Waals surface area contributed by atoms with E-state index >= 15 is 0 Å². The van der Waals surface area contributed by atoms with Gasteiger partial charge in [-0.2, -0.15) is 0 Å². The van der Waals surface area contributed by atoms with Crippen molar-refractivity contribution in [3.05, 3.63) is 41.4 Å². The first kappa shape index (κ1) is 10.1. The fourth-order valence-corrected chi connectivity index (χ4v) is 1.72. The standard InChI is InChI=1S/C11H9BrN2O/c1-15-9-4-2-3-8(5-9)10-6-13-7-14-11(10)12/h2-7H,1H3. The number of nitrogens with zero attached hydrogens (tertiary/aromatic N) is 2. The van der Waals surface area contributed by atoms with E-state index in [9.17, 15) is 0 Å². The van der Waals surface area contributed by atoms with Crippen LogP contribution in [0.5, 0.6) is 5.75 Å². The predicted octanol–water partition coefficient (Wildman–Crippen LogP) is 2.91. The van der Waals surface area contributed by atoms with Gasteiger partial charge in [-0.25, -0.2) is 9.97 Å². The van der Waals surface area contributed by atoms with Crippen molar-refractivity contribution in [1.82, 2.24) is 9.97 Å². The Balaban J connectivity index is 2.49. The van der Waals surface area contributed by atoms with E-state index in [-0.39, 0.29) is 0 Å². The molecule has 0 bridgehead atoms. The molecule has 0 spiro atoms. The van der Waals surface area contributed by atoms with E-state index in [4.69, 9.17) is 4.74 Å². The van der Waals surface area contributed by atoms with E-state index < -0.39 is 0 Å². The largest absolute Gasteiger partial charge is 0.497 e. The second-order valence-corrected chi connectivity index (χ2v) is 3.71. The van der Waals surface area contributed by atoms with Crippen LogP contribution >= 0.6 is 15.9 Å². The number of benzene rings is 1. The smallest absolute Gasteiger partial charge is 0.119 e. The molecule has 0 N–H and O–H groups in total. The molecule has 0 fully saturated rings. The highest BCUT2D eigenvalue weighted by Crippen LogP contribution is 2.27. The van der Waals surface area contributed by atoms with Crippen LogP contribution in [0.15, 0.2) is 41.4 Å². The summed E-state index contributed by atoms with van der Waals surface area (Å²) in [5, 5.41) is 0. The first-order chi connectivity index (χ1) is 7.31. The Morgan fingerprint density at radius 2 is 2.20 bits per heavy atom. The third kappa shape index (κ3) is 2.15. The number of methoxy groups -OCH3 is 1. The fourth-order valence-electron chi connectivity index (χ4n) is 1.30. The number of hydrogen-bond donors (Lipinski definition) is 0. The first-order valence-electron chi connectivity index (χ1n) is 4.41. The molecule has 0 aliphatic rings. The minimum absolute atomic E-state index is 0.783. The molecule has 15 heavy (non-hydrogen) atoms. The topological polar surface area (TPSA) is 35.0 Å². The highest BCUT2D eigenvalue weighted by molar-refractivity contribution is 9.10. The van der Waals surface area contributed by atoms with Gasteiger partial charge in [-0.15, -0.1) is 0 Å². The summed E-state index contributed by atoms with van der Waals surface area (Å²) in [6.45, 7) is 0. The second-order valence-electron chi connectivity index (χ2n) is 2.96. The van der Waals surface area contributed by atoms with Gasteiger partial charge in [-0.1, -0.05) is 12.1 Å². The van der Waals surface area contributed by atoms with Crippen LogP contribution in [-0.4, -0.2) is 17.1 Å². The fraction of sp³-hybridized carbons (Fsp3) is 0.0909. The summed E-state index contributed by atoms with van der Waals surface area (Å²) in [5.41, 5.74) is 1.98. The average Bonchev–Trinajstić information content (AvgIpc) is 2.30. The molecule has 1 heterocycles. The molecule has 2 aromatic rings. The number of halogens is 1. The molecule has 0 saturated heterocycles. The predicted molar refractivity (Wildman–Crippen MR) is 61.7 cm³/mol. The lowest BCUT2D eigenvalue weighted by atomic mass is 10.1. The van der Waals surface area contributed by atoms with Crippen LogP contribution in [0.2, 0.25) is 0 Å². The van der Waals surface area contributed by atoms with Gasteiger partial charge >= 0.3 is 0 Å². The highest BCUT2D eigenvalue weighted by atomic mass is 79.9. The Hall–Kier alpha value is -1.42. The lowest BCUT2D eigenvalue weighted by Gasteiger charge is -2.05. The quantitative estimate of drug-likeness (QED) is 0.783. The highest BCUT2D eigenvalue weighted by Gasteiger charge is 2.04. The first-order valence-corrected chi connectivity index (χ1v) is 5.20. The van der Waals surface area contributed by atoms with Crippen LogP contribution in [0.25, 0.3) is 11.1 Å². The molecule has 0 aliphatic heterocycles. The van der Waals surface area contributed by atoms with Crippen molar-refractivity contribution in [2.75, 3.05) is 7.11 Å². The van der Waals surface area contributed by atoms with Crippen molar-refractivity contribution in [3.63, 3.8) is 0 Å². The van der Waals surface area contributed by atoms with Crippen LogP contribution in [0.1, 0.15) is 0 Å². The summed E-state index contributed by atoms with van der Waals surface area (Å²) in [7, 11) is 1.65. The Kier molecular flexibility index (Phi) is 2.97. The Morgan fingerprint density at radius 1 is 1.33 bits per heavy atom. The summed E-state index contributed by atoms with van der Waals surface area (Å²) in [5.74, 6) is 0.822. The van der Waals surface area contributed by atoms with E-state index in [0.29, 0.717) is 0 Å². The average molecular weight is 265 g/mol. The van der Waals surface area contributed by atoms with Crippen molar-refractivity contribution in [1.29, 1.82) is 0 Å². The zero-order valence-electron chi connectivity index (χ0n) is 8.14. The minimum atomic E-state index is 0.783. The molecule has 1 aromatic carbocycles. The molecule has 0 amide bonds. The summed E-state index contributed by atoms with van der Waals surface area (Å²) >= 11 is 3.39. The molecule has 4 heteroatoms. The number of hydrogen-bond acceptors (Lipinski definition) is 3. The van der Waals surface area contributed by atoms with Crippen molar-refractivity contribution >= 4 is 15.9 Å². The lowest BCUT2D eigenvalue weighted by Crippen LogP contribution is -1.87. The molecule has 0 unspecified atom stereocenters. The summed E-state index contributed by atoms with van der Waals surface area (Å²) in [4.78, 5) is 8.07. The Labute approximate surface area is 96.3 Å². The normalized spacial score (nSPS) is 10.0. The zero-order chi connectivity index (χ0) is 10.7. The summed E-state index contributed by atoms with van der Waals surface area (Å²) < 4.78 is 5.94. The third-order valence-corrected chi connectivity index (χ3v) is 2.68. The Bertz CT molecular complexity index is 474. The second kappa shape index (κ2) is 4.40. The molecule has 0 atom stereocenters. The van der Waals surface area contributed by atoms with Crippen LogP contribution in [-0.2, 0) is 0 Å². The van der Waals surface area contributed by atoms with E-state index in [1.807, 2.05) is 24.3 Å². The summed E-state index contributed by atoms with van der Waals surface area (Å²) in [6, 6.07) is 7.78. The maximum atomic E-state index is 5.16. The molecule has 3 nitrogen and oxygen atoms in total. The van der Waals surface area contributed by atoms with Crippen molar-refractivity contribution in [2.45, 2.75) is 0 Å². The number of aromatic nitrogens is 2. The maximum Gasteiger partial charge on any atom is 0.119 e. The van der Waals surface area contributed by atoms with E-state index in [1.165, 1.54) is 6.33 Å². The molecule has 76 valence electrons. The van der Waals surface area contributed by atoms with Crippen LogP contribution in [0.4, 0.5) is 0 Å². The third-order valence-electron chi connectivity index (χ3n) is 2.04. The molecule has 1 aromatic heterocycles. The molecular formula is C11H9BrN2O. The molecule has 0 aliphatic carbocycles. The van der Waals surface area contributed by atoms with Crippen LogP contribution in [0, 0.1) is 0 Å². The Morgan fingerprint density at radius 3 is 2.93 bits per heavy atom. The van der Waals surface area contributed by atoms with Gasteiger partial charge in [-0.05, 0) is 33.6 Å². The monoisotopic (exact) mass is 264 g/mol. The lowest BCUT2D eigenvalue weighted by molar-refractivity contribution is 0.415. The van der Waals surface area contributed by atoms with Crippen molar-refractivity contribution < 1.29 is 4.74 Å². The van der Waals surface area contributed by atoms with Gasteiger partial charge < -0.3 is 4.74 Å². The van der Waals surface area contributed by atoms with Gasteiger partial charge in [0.1, 0.15) is 16.7 Å². The van der Waals surface area contributed by atoms with Gasteiger partial charge in [0.2, 0.25) is 0 Å². The molecular weight excluding hydrogens is 256 g/mol. The van der Waals surface area contributed by atoms with Crippen molar-refractivity contribution in [2.24, 2.45) is 0 Å². The summed E-state index contributed by atoms with van der Waals surface area (Å²) in [6.07, 6.45) is 3.28. The van der Waals surface area contributed by atoms with Crippen LogP contribution in [0.3, 0.4) is 0 Å². The number of ether oxygens (including phenoxy) is 1. The molecule has 2 rings (SSSR count). The molecule has 0 saturated carbocycles. The zero-order valence-corrected chi connectivity index (χ0v) is 9.73. The van der Waals surface area contributed by atoms with E-state index in [1.54, 1.807) is 13.3 Å².